The highest BCUT2D eigenvalue weighted by Crippen LogP contribution is 2.34. The van der Waals surface area contributed by atoms with Crippen molar-refractivity contribution in [1.82, 2.24) is 25.2 Å². The summed E-state index contributed by atoms with van der Waals surface area (Å²) in [5.74, 6) is 1.47. The number of aryl methyl sites for hydroxylation is 1. The molecule has 0 atom stereocenters. The first-order chi connectivity index (χ1) is 16.6. The number of carbonyl (C=O) groups excluding carboxylic acids is 1. The van der Waals surface area contributed by atoms with E-state index in [1.807, 2.05) is 24.0 Å². The second-order valence-electron chi connectivity index (χ2n) is 7.59. The zero-order chi connectivity index (χ0) is 23.7. The number of thiazole rings is 1. The van der Waals surface area contributed by atoms with Crippen LogP contribution in [0.4, 0.5) is 5.69 Å². The molecule has 0 bridgehead atoms. The molecule has 174 valence electrons. The third-order valence-electron chi connectivity index (χ3n) is 5.57. The molecule has 1 aliphatic rings. The number of anilines is 1. The highest BCUT2D eigenvalue weighted by atomic mass is 32.2. The predicted octanol–water partition coefficient (Wildman–Crippen LogP) is 3.79. The van der Waals surface area contributed by atoms with Crippen molar-refractivity contribution in [2.45, 2.75) is 18.5 Å². The molecule has 3 heterocycles. The van der Waals surface area contributed by atoms with Crippen LogP contribution >= 0.6 is 23.1 Å². The Hall–Kier alpha value is -3.44. The SMILES string of the molecule is COc1ccc(OC)c(-n2nnnc2SCC(=O)N2CCc3cc(-c4csc(C)n4)ccc32)c1. The van der Waals surface area contributed by atoms with Crippen molar-refractivity contribution in [3.05, 3.63) is 52.3 Å². The molecule has 0 spiro atoms. The Balaban J connectivity index is 1.31. The molecule has 1 amide bonds. The van der Waals surface area contributed by atoms with Crippen LogP contribution in [0.5, 0.6) is 11.5 Å². The molecular weight excluding hydrogens is 472 g/mol. The highest BCUT2D eigenvalue weighted by molar-refractivity contribution is 7.99. The minimum absolute atomic E-state index is 0.00756. The average molecular weight is 495 g/mol. The van der Waals surface area contributed by atoms with Crippen LogP contribution in [-0.4, -0.2) is 57.6 Å². The molecule has 0 aliphatic carbocycles. The van der Waals surface area contributed by atoms with Crippen molar-refractivity contribution in [3.63, 3.8) is 0 Å². The fraction of sp³-hybridized carbons (Fsp3) is 0.261. The summed E-state index contributed by atoms with van der Waals surface area (Å²) in [5, 5.41) is 15.6. The first-order valence-electron chi connectivity index (χ1n) is 10.6. The summed E-state index contributed by atoms with van der Waals surface area (Å²) in [4.78, 5) is 19.5. The number of methoxy groups -OCH3 is 2. The van der Waals surface area contributed by atoms with E-state index in [9.17, 15) is 4.79 Å². The predicted molar refractivity (Wildman–Crippen MR) is 131 cm³/mol. The van der Waals surface area contributed by atoms with Crippen LogP contribution in [0.15, 0.2) is 46.9 Å². The van der Waals surface area contributed by atoms with Crippen molar-refractivity contribution >= 4 is 34.7 Å². The first kappa shape index (κ1) is 22.4. The number of hydrogen-bond acceptors (Lipinski definition) is 9. The van der Waals surface area contributed by atoms with Crippen molar-refractivity contribution in [2.24, 2.45) is 0 Å². The minimum atomic E-state index is 0.00756. The normalized spacial score (nSPS) is 12.6. The third-order valence-corrected chi connectivity index (χ3v) is 7.25. The summed E-state index contributed by atoms with van der Waals surface area (Å²) < 4.78 is 12.3. The van der Waals surface area contributed by atoms with Gasteiger partial charge in [0, 0.05) is 29.2 Å². The standard InChI is InChI=1S/C23H22N6O3S2/c1-14-24-18(12-33-14)15-4-6-19-16(10-15)8-9-28(19)22(30)13-34-23-25-26-27-29(23)20-11-17(31-2)5-7-21(20)32-3/h4-7,10-12H,8-9,13H2,1-3H3. The number of benzene rings is 2. The summed E-state index contributed by atoms with van der Waals surface area (Å²) in [6.45, 7) is 2.66. The van der Waals surface area contributed by atoms with Crippen LogP contribution in [-0.2, 0) is 11.2 Å². The molecule has 1 aliphatic heterocycles. The molecule has 0 unspecified atom stereocenters. The smallest absolute Gasteiger partial charge is 0.237 e. The monoisotopic (exact) mass is 494 g/mol. The van der Waals surface area contributed by atoms with Gasteiger partial charge in [-0.05, 0) is 53.6 Å². The second kappa shape index (κ2) is 9.43. The fourth-order valence-corrected chi connectivity index (χ4v) is 5.28. The first-order valence-corrected chi connectivity index (χ1v) is 12.4. The molecular formula is C23H22N6O3S2. The lowest BCUT2D eigenvalue weighted by molar-refractivity contribution is -0.116. The van der Waals surface area contributed by atoms with Gasteiger partial charge in [-0.15, -0.1) is 16.4 Å². The van der Waals surface area contributed by atoms with E-state index in [1.54, 1.807) is 48.4 Å². The van der Waals surface area contributed by atoms with Crippen molar-refractivity contribution in [2.75, 3.05) is 31.4 Å². The van der Waals surface area contributed by atoms with Gasteiger partial charge in [-0.2, -0.15) is 4.68 Å². The number of fused-ring (bicyclic) bond motifs is 1. The van der Waals surface area contributed by atoms with E-state index in [0.29, 0.717) is 28.9 Å². The van der Waals surface area contributed by atoms with Gasteiger partial charge < -0.3 is 14.4 Å². The van der Waals surface area contributed by atoms with Gasteiger partial charge in [-0.25, -0.2) is 4.98 Å². The molecule has 0 saturated carbocycles. The Bertz CT molecular complexity index is 1350. The van der Waals surface area contributed by atoms with Crippen molar-refractivity contribution < 1.29 is 14.3 Å². The number of aromatic nitrogens is 5. The third kappa shape index (κ3) is 4.24. The Morgan fingerprint density at radius 2 is 2.03 bits per heavy atom. The Kier molecular flexibility index (Phi) is 6.20. The highest BCUT2D eigenvalue weighted by Gasteiger charge is 2.26. The maximum Gasteiger partial charge on any atom is 0.237 e. The zero-order valence-electron chi connectivity index (χ0n) is 18.9. The molecule has 0 saturated heterocycles. The maximum atomic E-state index is 13.1. The molecule has 4 aromatic rings. The number of thioether (sulfide) groups is 1. The number of amides is 1. The van der Waals surface area contributed by atoms with Crippen LogP contribution in [0.25, 0.3) is 16.9 Å². The summed E-state index contributed by atoms with van der Waals surface area (Å²) in [7, 11) is 3.17. The van der Waals surface area contributed by atoms with Crippen LogP contribution in [0, 0.1) is 6.92 Å². The average Bonchev–Trinajstić information content (AvgIpc) is 3.61. The van der Waals surface area contributed by atoms with Gasteiger partial charge in [0.1, 0.15) is 17.2 Å². The Morgan fingerprint density at radius 1 is 1.15 bits per heavy atom. The molecule has 34 heavy (non-hydrogen) atoms. The van der Waals surface area contributed by atoms with Gasteiger partial charge in [-0.1, -0.05) is 17.8 Å². The fourth-order valence-electron chi connectivity index (χ4n) is 3.90. The molecule has 0 radical (unpaired) electrons. The van der Waals surface area contributed by atoms with E-state index in [-0.39, 0.29) is 11.7 Å². The molecule has 0 fully saturated rings. The van der Waals surface area contributed by atoms with Crippen LogP contribution in [0.3, 0.4) is 0 Å². The minimum Gasteiger partial charge on any atom is -0.497 e. The number of rotatable bonds is 7. The van der Waals surface area contributed by atoms with E-state index in [1.165, 1.54) is 11.8 Å². The molecule has 11 heteroatoms. The molecule has 9 nitrogen and oxygen atoms in total. The number of hydrogen-bond donors (Lipinski definition) is 0. The van der Waals surface area contributed by atoms with Gasteiger partial charge in [0.05, 0.1) is 30.7 Å². The van der Waals surface area contributed by atoms with Crippen molar-refractivity contribution in [3.8, 4) is 28.4 Å². The van der Waals surface area contributed by atoms with Crippen molar-refractivity contribution in [1.29, 1.82) is 0 Å². The lowest BCUT2D eigenvalue weighted by Gasteiger charge is -2.17. The van der Waals surface area contributed by atoms with Crippen LogP contribution in [0.1, 0.15) is 10.6 Å². The van der Waals surface area contributed by atoms with E-state index < -0.39 is 0 Å². The van der Waals surface area contributed by atoms with Gasteiger partial charge in [0.2, 0.25) is 11.1 Å². The lowest BCUT2D eigenvalue weighted by atomic mass is 10.1. The van der Waals surface area contributed by atoms with Crippen LogP contribution < -0.4 is 14.4 Å². The summed E-state index contributed by atoms with van der Waals surface area (Å²) in [6.07, 6.45) is 0.821. The summed E-state index contributed by atoms with van der Waals surface area (Å²) in [5.41, 5.74) is 4.81. The van der Waals surface area contributed by atoms with Gasteiger partial charge in [0.15, 0.2) is 0 Å². The number of tetrazole rings is 1. The van der Waals surface area contributed by atoms with Crippen LogP contribution in [0.2, 0.25) is 0 Å². The lowest BCUT2D eigenvalue weighted by Crippen LogP contribution is -2.30. The summed E-state index contributed by atoms with van der Waals surface area (Å²) >= 11 is 2.92. The van der Waals surface area contributed by atoms with Gasteiger partial charge in [-0.3, -0.25) is 4.79 Å². The largest absolute Gasteiger partial charge is 0.497 e. The quantitative estimate of drug-likeness (QED) is 0.358. The maximum absolute atomic E-state index is 13.1. The molecule has 2 aromatic carbocycles. The summed E-state index contributed by atoms with van der Waals surface area (Å²) in [6, 6.07) is 11.6. The molecule has 5 rings (SSSR count). The topological polar surface area (TPSA) is 95.3 Å². The Labute approximate surface area is 204 Å². The van der Waals surface area contributed by atoms with E-state index >= 15 is 0 Å². The number of ether oxygens (including phenoxy) is 2. The number of carbonyl (C=O) groups is 1. The van der Waals surface area contributed by atoms with E-state index in [4.69, 9.17) is 9.47 Å². The zero-order valence-corrected chi connectivity index (χ0v) is 20.5. The van der Waals surface area contributed by atoms with Gasteiger partial charge >= 0.3 is 0 Å². The molecule has 2 aromatic heterocycles. The van der Waals surface area contributed by atoms with E-state index in [2.05, 4.69) is 32.0 Å². The second-order valence-corrected chi connectivity index (χ2v) is 9.60. The Morgan fingerprint density at radius 3 is 2.79 bits per heavy atom. The van der Waals surface area contributed by atoms with E-state index in [0.717, 1.165) is 33.9 Å². The number of nitrogens with zero attached hydrogens (tertiary/aromatic N) is 6. The van der Waals surface area contributed by atoms with Gasteiger partial charge in [0.25, 0.3) is 0 Å². The molecule has 0 N–H and O–H groups in total.